The van der Waals surface area contributed by atoms with Crippen LogP contribution in [0.2, 0.25) is 0 Å². The number of rotatable bonds is 9. The lowest BCUT2D eigenvalue weighted by atomic mass is 9.88. The molecule has 3 saturated carbocycles. The molecule has 3 aliphatic carbocycles. The first-order valence-corrected chi connectivity index (χ1v) is 41.2. The van der Waals surface area contributed by atoms with Crippen molar-refractivity contribution in [3.8, 4) is 0 Å². The number of thioether (sulfide) groups is 3. The number of halogens is 1. The molecule has 0 radical (unpaired) electrons. The molecule has 3 fully saturated rings. The van der Waals surface area contributed by atoms with Gasteiger partial charge in [-0.15, -0.1) is 20.6 Å². The summed E-state index contributed by atoms with van der Waals surface area (Å²) in [5.41, 5.74) is 29.7. The number of alkyl halides is 1. The summed E-state index contributed by atoms with van der Waals surface area (Å²) in [6, 6.07) is 23.9. The predicted molar refractivity (Wildman–Crippen MR) is 398 cm³/mol. The Kier molecular flexibility index (Phi) is 34.9. The van der Waals surface area contributed by atoms with Crippen LogP contribution in [0.3, 0.4) is 0 Å². The lowest BCUT2D eigenvalue weighted by Gasteiger charge is -2.23. The number of benzene rings is 4. The third kappa shape index (κ3) is 26.5. The zero-order chi connectivity index (χ0) is 68.7. The third-order valence-corrected chi connectivity index (χ3v) is 22.2. The van der Waals surface area contributed by atoms with Crippen molar-refractivity contribution < 1.29 is 33.7 Å². The number of aliphatic imine (C=N–C) groups is 1. The van der Waals surface area contributed by atoms with Gasteiger partial charge >= 0.3 is 0 Å². The fourth-order valence-corrected chi connectivity index (χ4v) is 16.1. The SMILES string of the molecule is C1CCC2(C1)CN=NC2.C=C=S.CCN.CCN=C(NS(=O)(=O)c1ccc(N)cc1)N1CC2(C=N1)CCCC2.CCSC(=NS(=O)(=O)c1ccc(N)cc1)SC.CI.CSC(=NS(=O)(=O)c1ccc(N)cc1)N1CC2(C=N1)CCCC2.Nc1ccc(S(N)(=O)=O)cc1. The van der Waals surface area contributed by atoms with Crippen LogP contribution in [-0.2, 0) is 40.1 Å². The number of nitrogens with zero attached hydrogens (tertiary/aromatic N) is 9. The molecular formula is C59H89IN16O8S8. The van der Waals surface area contributed by atoms with Crippen molar-refractivity contribution in [1.82, 2.24) is 14.7 Å². The molecule has 4 aromatic rings. The summed E-state index contributed by atoms with van der Waals surface area (Å²) >= 11 is 10.2. The van der Waals surface area contributed by atoms with Gasteiger partial charge in [0, 0.05) is 58.0 Å². The van der Waals surface area contributed by atoms with E-state index in [1.807, 2.05) is 44.4 Å². The minimum Gasteiger partial charge on any atom is -0.399 e. The second-order valence-electron chi connectivity index (χ2n) is 21.3. The lowest BCUT2D eigenvalue weighted by Crippen LogP contribution is -2.42. The number of thiocarbonyl (C=S) groups is 1. The molecule has 3 aliphatic heterocycles. The maximum Gasteiger partial charge on any atom is 0.284 e. The van der Waals surface area contributed by atoms with Gasteiger partial charge in [-0.2, -0.15) is 37.3 Å². The van der Waals surface area contributed by atoms with Gasteiger partial charge in [0.05, 0.1) is 45.8 Å². The van der Waals surface area contributed by atoms with Gasteiger partial charge in [-0.25, -0.2) is 36.7 Å². The number of nitrogens with one attached hydrogen (secondary N) is 1. The molecule has 0 unspecified atom stereocenters. The highest BCUT2D eigenvalue weighted by molar-refractivity contribution is 14.1. The average Bonchev–Trinajstić information content (AvgIpc) is 1.62. The van der Waals surface area contributed by atoms with Gasteiger partial charge in [0.25, 0.3) is 30.1 Å². The van der Waals surface area contributed by atoms with Crippen LogP contribution in [0.5, 0.6) is 0 Å². The standard InChI is InChI=1S/C16H23N5O2S.C15H20N4O2S2.C10H14N2O2S3.C7H12N2.C6H8N2O2S.C2H7N.C2H2S.CH3I/c1-2-18-15(21-12-16(11-19-21)9-3-4-10-16)20-24(22,23)14-7-5-13(17)6-8-14;1-22-14(19-11-15(10-17-19)8-2-3-9-15)18-23(20,21)13-6-4-12(16)5-7-13;1-3-16-10(15-2)12-17(13,14)9-6-4-8(11)5-7-9;1-2-4-7(3-1)5-8-9-6-7;7-5-1-3-6(4-2-5)11(8,9)10;2*1-2-3;1-2/h5-8,11H,2-4,9-10,12,17H2,1H3,(H,18,20);4-7,10H,2-3,8-9,11,16H2,1H3;4-7H,3,11H2,1-2H3;1-6H2;1-4H,7H2,(H2,8,9,10);2-3H2,1H3;1H2;1H3. The first-order valence-electron chi connectivity index (χ1n) is 29.3. The number of guanidine groups is 1. The van der Waals surface area contributed by atoms with E-state index < -0.39 is 40.1 Å². The summed E-state index contributed by atoms with van der Waals surface area (Å²) in [4.78, 5) is 6.80. The van der Waals surface area contributed by atoms with Crippen LogP contribution in [0.15, 0.2) is 157 Å². The topological polar surface area (TPSA) is 398 Å². The average molecular weight is 1530 g/mol. The maximum absolute atomic E-state index is 12.6. The Hall–Kier alpha value is -5.20. The second-order valence-corrected chi connectivity index (χ2v) is 31.2. The van der Waals surface area contributed by atoms with Crippen LogP contribution < -0.4 is 38.5 Å². The minimum absolute atomic E-state index is 0.0706. The summed E-state index contributed by atoms with van der Waals surface area (Å²) < 4.78 is 106. The molecule has 3 heterocycles. The Labute approximate surface area is 577 Å². The van der Waals surface area contributed by atoms with Crippen molar-refractivity contribution in [2.75, 3.05) is 85.4 Å². The van der Waals surface area contributed by atoms with Crippen molar-refractivity contribution in [3.63, 3.8) is 0 Å². The molecule has 24 nitrogen and oxygen atoms in total. The van der Waals surface area contributed by atoms with Gasteiger partial charge in [-0.1, -0.05) is 104 Å². The Morgan fingerprint density at radius 3 is 1.34 bits per heavy atom. The van der Waals surface area contributed by atoms with Crippen LogP contribution >= 0.6 is 70.1 Å². The van der Waals surface area contributed by atoms with E-state index in [2.05, 4.69) is 85.4 Å². The maximum atomic E-state index is 12.6. The molecule has 0 bridgehead atoms. The lowest BCUT2D eigenvalue weighted by molar-refractivity contribution is 0.342. The zero-order valence-corrected chi connectivity index (χ0v) is 61.6. The highest BCUT2D eigenvalue weighted by atomic mass is 127. The molecule has 33 heteroatoms. The normalized spacial score (nSPS) is 17.4. The monoisotopic (exact) mass is 1530 g/mol. The van der Waals surface area contributed by atoms with E-state index in [0.717, 1.165) is 51.1 Å². The Balaban J connectivity index is 0.000000302. The molecule has 0 aromatic heterocycles. The Morgan fingerprint density at radius 1 is 0.609 bits per heavy atom. The molecule has 10 rings (SSSR count). The van der Waals surface area contributed by atoms with Crippen molar-refractivity contribution in [2.45, 2.75) is 117 Å². The number of anilines is 4. The van der Waals surface area contributed by atoms with E-state index in [0.29, 0.717) is 57.3 Å². The molecular weight excluding hydrogens is 1440 g/mol. The van der Waals surface area contributed by atoms with Gasteiger partial charge < -0.3 is 28.7 Å². The van der Waals surface area contributed by atoms with Gasteiger partial charge in [0.15, 0.2) is 5.17 Å². The molecule has 0 amide bonds. The Bertz CT molecular complexity index is 3610. The zero-order valence-electron chi connectivity index (χ0n) is 52.9. The fourth-order valence-electron chi connectivity index (χ4n) is 9.84. The number of sulfonamides is 4. The molecule has 3 spiro atoms. The largest absolute Gasteiger partial charge is 0.399 e. The fraction of sp³-hybridized carbons (Fsp3) is 0.475. The van der Waals surface area contributed by atoms with E-state index in [1.54, 1.807) is 52.7 Å². The second kappa shape index (κ2) is 39.6. The number of azo groups is 1. The summed E-state index contributed by atoms with van der Waals surface area (Å²) in [5, 5.41) is 27.6. The summed E-state index contributed by atoms with van der Waals surface area (Å²) in [6.45, 7) is 13.4. The van der Waals surface area contributed by atoms with Crippen molar-refractivity contribution in [2.24, 2.45) is 61.3 Å². The number of hydrazone groups is 2. The highest BCUT2D eigenvalue weighted by Crippen LogP contribution is 2.43. The predicted octanol–water partition coefficient (Wildman–Crippen LogP) is 10.5. The van der Waals surface area contributed by atoms with Gasteiger partial charge in [0.1, 0.15) is 4.38 Å². The molecule has 508 valence electrons. The van der Waals surface area contributed by atoms with Crippen molar-refractivity contribution in [3.05, 3.63) is 104 Å². The van der Waals surface area contributed by atoms with E-state index >= 15 is 0 Å². The summed E-state index contributed by atoms with van der Waals surface area (Å²) in [6.07, 6.45) is 22.3. The van der Waals surface area contributed by atoms with Crippen LogP contribution in [0, 0.1) is 16.2 Å². The third-order valence-electron chi connectivity index (χ3n) is 14.4. The van der Waals surface area contributed by atoms with E-state index in [9.17, 15) is 33.7 Å². The van der Waals surface area contributed by atoms with E-state index in [4.69, 9.17) is 33.8 Å². The van der Waals surface area contributed by atoms with Gasteiger partial charge in [0.2, 0.25) is 16.0 Å². The molecule has 92 heavy (non-hydrogen) atoms. The number of amidine groups is 1. The minimum atomic E-state index is -3.76. The van der Waals surface area contributed by atoms with Crippen LogP contribution in [-0.4, -0.2) is 139 Å². The van der Waals surface area contributed by atoms with Gasteiger partial charge in [-0.3, -0.25) is 4.99 Å². The summed E-state index contributed by atoms with van der Waals surface area (Å²) in [7, 11) is -14.7. The first kappa shape index (κ1) is 81.0. The van der Waals surface area contributed by atoms with Gasteiger partial charge in [-0.05, 0) is 191 Å². The van der Waals surface area contributed by atoms with Crippen LogP contribution in [0.1, 0.15) is 97.8 Å². The summed E-state index contributed by atoms with van der Waals surface area (Å²) in [5.74, 6) is 1.06. The molecule has 6 aliphatic rings. The number of hydrogen-bond donors (Lipinski definition) is 7. The van der Waals surface area contributed by atoms with E-state index in [1.165, 1.54) is 147 Å². The van der Waals surface area contributed by atoms with Crippen LogP contribution in [0.4, 0.5) is 22.7 Å². The number of nitrogens with two attached hydrogens (primary N) is 6. The first-order chi connectivity index (χ1) is 43.6. The quantitative estimate of drug-likeness (QED) is 0.0204. The number of nitrogen functional groups attached to an aromatic ring is 4. The van der Waals surface area contributed by atoms with Crippen molar-refractivity contribution >= 4 is 166 Å². The highest BCUT2D eigenvalue weighted by Gasteiger charge is 2.41. The van der Waals surface area contributed by atoms with Crippen LogP contribution in [0.25, 0.3) is 0 Å². The van der Waals surface area contributed by atoms with Crippen molar-refractivity contribution in [1.29, 1.82) is 0 Å². The molecule has 4 aromatic carbocycles. The molecule has 13 N–H and O–H groups in total. The molecule has 0 saturated heterocycles. The Morgan fingerprint density at radius 2 is 0.967 bits per heavy atom. The smallest absolute Gasteiger partial charge is 0.284 e. The number of primary sulfonamides is 1. The van der Waals surface area contributed by atoms with E-state index in [-0.39, 0.29) is 36.4 Å². The molecule has 0 atom stereocenters. The number of hydrogen-bond acceptors (Lipinski definition) is 22.